The van der Waals surface area contributed by atoms with E-state index in [1.165, 1.54) is 0 Å². The van der Waals surface area contributed by atoms with Gasteiger partial charge >= 0.3 is 0 Å². The zero-order valence-corrected chi connectivity index (χ0v) is 13.8. The van der Waals surface area contributed by atoms with Gasteiger partial charge in [0.25, 0.3) is 5.91 Å². The fraction of sp³-hybridized carbons (Fsp3) is 0.438. The standard InChI is InChI=1S/C16H23N5O2/c1-4-6-7-14-18-15-13(17)10-12(11-21(15)19-14)16(22)20(5-2)8-9-23-3/h6-7,10-11H,4-5,8-9,17H2,1-3H3/b7-6+. The van der Waals surface area contributed by atoms with Gasteiger partial charge in [0, 0.05) is 26.4 Å². The van der Waals surface area contributed by atoms with Crippen LogP contribution in [0.25, 0.3) is 11.7 Å². The Hall–Kier alpha value is -2.41. The zero-order valence-electron chi connectivity index (χ0n) is 13.8. The number of hydrogen-bond donors (Lipinski definition) is 1. The number of nitrogens with two attached hydrogens (primary N) is 1. The first-order valence-electron chi connectivity index (χ1n) is 7.71. The maximum atomic E-state index is 12.6. The number of nitrogen functional groups attached to an aromatic ring is 1. The molecule has 0 aromatic carbocycles. The Morgan fingerprint density at radius 2 is 2.26 bits per heavy atom. The molecule has 1 amide bonds. The lowest BCUT2D eigenvalue weighted by Crippen LogP contribution is -2.33. The lowest BCUT2D eigenvalue weighted by Gasteiger charge is -2.20. The molecule has 0 bridgehead atoms. The first kappa shape index (κ1) is 17.0. The molecular formula is C16H23N5O2. The molecule has 0 saturated carbocycles. The van der Waals surface area contributed by atoms with E-state index in [-0.39, 0.29) is 5.91 Å². The van der Waals surface area contributed by atoms with Crippen LogP contribution in [0.2, 0.25) is 0 Å². The Morgan fingerprint density at radius 1 is 1.48 bits per heavy atom. The molecule has 0 aliphatic carbocycles. The van der Waals surface area contributed by atoms with Crippen LogP contribution < -0.4 is 5.73 Å². The van der Waals surface area contributed by atoms with Crippen molar-refractivity contribution in [3.05, 3.63) is 29.7 Å². The van der Waals surface area contributed by atoms with Crippen molar-refractivity contribution in [2.24, 2.45) is 0 Å². The number of nitrogens with zero attached hydrogens (tertiary/aromatic N) is 4. The second-order valence-electron chi connectivity index (χ2n) is 5.11. The number of allylic oxidation sites excluding steroid dienone is 1. The lowest BCUT2D eigenvalue weighted by molar-refractivity contribution is 0.0706. The van der Waals surface area contributed by atoms with Crippen molar-refractivity contribution >= 4 is 23.3 Å². The van der Waals surface area contributed by atoms with Crippen LogP contribution in [-0.4, -0.2) is 52.2 Å². The molecule has 0 spiro atoms. The van der Waals surface area contributed by atoms with E-state index in [0.29, 0.717) is 42.4 Å². The summed E-state index contributed by atoms with van der Waals surface area (Å²) in [7, 11) is 1.61. The van der Waals surface area contributed by atoms with Gasteiger partial charge in [-0.25, -0.2) is 9.50 Å². The predicted octanol–water partition coefficient (Wildman–Crippen LogP) is 1.84. The molecule has 23 heavy (non-hydrogen) atoms. The maximum absolute atomic E-state index is 12.6. The number of fused-ring (bicyclic) bond motifs is 1. The Bertz CT molecular complexity index is 708. The van der Waals surface area contributed by atoms with E-state index < -0.39 is 0 Å². The van der Waals surface area contributed by atoms with Gasteiger partial charge in [-0.3, -0.25) is 4.79 Å². The Balaban J connectivity index is 2.34. The van der Waals surface area contributed by atoms with Gasteiger partial charge < -0.3 is 15.4 Å². The number of amides is 1. The monoisotopic (exact) mass is 317 g/mol. The van der Waals surface area contributed by atoms with Gasteiger partial charge in [0.05, 0.1) is 17.9 Å². The summed E-state index contributed by atoms with van der Waals surface area (Å²) in [5, 5.41) is 4.34. The Labute approximate surface area is 135 Å². The van der Waals surface area contributed by atoms with Gasteiger partial charge in [0.2, 0.25) is 0 Å². The molecule has 2 heterocycles. The highest BCUT2D eigenvalue weighted by molar-refractivity contribution is 5.95. The minimum atomic E-state index is -0.0979. The average molecular weight is 317 g/mol. The van der Waals surface area contributed by atoms with Crippen molar-refractivity contribution < 1.29 is 9.53 Å². The van der Waals surface area contributed by atoms with Crippen LogP contribution in [0.4, 0.5) is 5.69 Å². The predicted molar refractivity (Wildman–Crippen MR) is 90.2 cm³/mol. The minimum absolute atomic E-state index is 0.0979. The number of carbonyl (C=O) groups excluding carboxylic acids is 1. The maximum Gasteiger partial charge on any atom is 0.255 e. The van der Waals surface area contributed by atoms with E-state index in [1.807, 2.05) is 26.0 Å². The fourth-order valence-corrected chi connectivity index (χ4v) is 2.23. The SMILES string of the molecule is CC/C=C/c1nc2c(N)cc(C(=O)N(CC)CCOC)cn2n1. The van der Waals surface area contributed by atoms with Crippen LogP contribution in [0.5, 0.6) is 0 Å². The number of ether oxygens (including phenoxy) is 1. The van der Waals surface area contributed by atoms with Crippen molar-refractivity contribution in [3.8, 4) is 0 Å². The summed E-state index contributed by atoms with van der Waals surface area (Å²) in [5.41, 5.74) is 7.51. The van der Waals surface area contributed by atoms with Gasteiger partial charge in [-0.2, -0.15) is 0 Å². The molecule has 0 radical (unpaired) electrons. The first-order valence-corrected chi connectivity index (χ1v) is 7.71. The molecule has 0 saturated heterocycles. The van der Waals surface area contributed by atoms with Gasteiger partial charge in [0.1, 0.15) is 0 Å². The normalized spacial score (nSPS) is 11.4. The second kappa shape index (κ2) is 7.73. The summed E-state index contributed by atoms with van der Waals surface area (Å²) in [6.07, 6.45) is 6.38. The van der Waals surface area contributed by atoms with Gasteiger partial charge in [0.15, 0.2) is 11.5 Å². The van der Waals surface area contributed by atoms with Crippen LogP contribution in [0.3, 0.4) is 0 Å². The van der Waals surface area contributed by atoms with E-state index in [2.05, 4.69) is 10.1 Å². The molecule has 0 unspecified atom stereocenters. The largest absolute Gasteiger partial charge is 0.396 e. The average Bonchev–Trinajstić information content (AvgIpc) is 2.97. The molecule has 2 aromatic heterocycles. The zero-order chi connectivity index (χ0) is 16.8. The van der Waals surface area contributed by atoms with Crippen molar-refractivity contribution in [1.29, 1.82) is 0 Å². The van der Waals surface area contributed by atoms with E-state index >= 15 is 0 Å². The Kier molecular flexibility index (Phi) is 5.70. The van der Waals surface area contributed by atoms with Gasteiger partial charge in [-0.15, -0.1) is 5.10 Å². The van der Waals surface area contributed by atoms with Crippen LogP contribution in [0, 0.1) is 0 Å². The molecule has 2 N–H and O–H groups in total. The lowest BCUT2D eigenvalue weighted by atomic mass is 10.2. The summed E-state index contributed by atoms with van der Waals surface area (Å²) in [4.78, 5) is 18.7. The molecule has 0 aliphatic rings. The number of methoxy groups -OCH3 is 1. The highest BCUT2D eigenvalue weighted by Gasteiger charge is 2.17. The number of hydrogen-bond acceptors (Lipinski definition) is 5. The summed E-state index contributed by atoms with van der Waals surface area (Å²) >= 11 is 0. The summed E-state index contributed by atoms with van der Waals surface area (Å²) in [5.74, 6) is 0.481. The summed E-state index contributed by atoms with van der Waals surface area (Å²) < 4.78 is 6.60. The Morgan fingerprint density at radius 3 is 2.91 bits per heavy atom. The highest BCUT2D eigenvalue weighted by atomic mass is 16.5. The topological polar surface area (TPSA) is 85.8 Å². The van der Waals surface area contributed by atoms with Gasteiger partial charge in [-0.1, -0.05) is 13.0 Å². The molecule has 124 valence electrons. The van der Waals surface area contributed by atoms with Crippen LogP contribution in [0.15, 0.2) is 18.3 Å². The minimum Gasteiger partial charge on any atom is -0.396 e. The number of pyridine rings is 1. The quantitative estimate of drug-likeness (QED) is 0.842. The van der Waals surface area contributed by atoms with Gasteiger partial charge in [-0.05, 0) is 25.5 Å². The van der Waals surface area contributed by atoms with Crippen molar-refractivity contribution in [2.75, 3.05) is 32.5 Å². The fourth-order valence-electron chi connectivity index (χ4n) is 2.23. The third-order valence-electron chi connectivity index (χ3n) is 3.46. The molecule has 2 aromatic rings. The molecule has 7 heteroatoms. The highest BCUT2D eigenvalue weighted by Crippen LogP contribution is 2.16. The number of aromatic nitrogens is 3. The van der Waals surface area contributed by atoms with Crippen LogP contribution >= 0.6 is 0 Å². The third kappa shape index (κ3) is 3.87. The van der Waals surface area contributed by atoms with Crippen molar-refractivity contribution in [1.82, 2.24) is 19.5 Å². The number of anilines is 1. The number of carbonyl (C=O) groups is 1. The number of rotatable bonds is 7. The molecule has 7 nitrogen and oxygen atoms in total. The van der Waals surface area contributed by atoms with E-state index in [1.54, 1.807) is 28.8 Å². The molecule has 0 atom stereocenters. The summed E-state index contributed by atoms with van der Waals surface area (Å²) in [6.45, 7) is 5.59. The van der Waals surface area contributed by atoms with Crippen LogP contribution in [-0.2, 0) is 4.74 Å². The van der Waals surface area contributed by atoms with E-state index in [0.717, 1.165) is 6.42 Å². The molecule has 0 aliphatic heterocycles. The van der Waals surface area contributed by atoms with Crippen molar-refractivity contribution in [3.63, 3.8) is 0 Å². The van der Waals surface area contributed by atoms with Crippen LogP contribution in [0.1, 0.15) is 36.5 Å². The second-order valence-corrected chi connectivity index (χ2v) is 5.11. The molecule has 0 fully saturated rings. The molecule has 2 rings (SSSR count). The number of likely N-dealkylation sites (N-methyl/N-ethyl adjacent to an activating group) is 1. The van der Waals surface area contributed by atoms with Crippen molar-refractivity contribution in [2.45, 2.75) is 20.3 Å². The first-order chi connectivity index (χ1) is 11.1. The third-order valence-corrected chi connectivity index (χ3v) is 3.46. The smallest absolute Gasteiger partial charge is 0.255 e. The molecular weight excluding hydrogens is 294 g/mol. The summed E-state index contributed by atoms with van der Waals surface area (Å²) in [6, 6.07) is 1.65. The van der Waals surface area contributed by atoms with E-state index in [4.69, 9.17) is 10.5 Å². The van der Waals surface area contributed by atoms with E-state index in [9.17, 15) is 4.79 Å².